The van der Waals surface area contributed by atoms with E-state index < -0.39 is 4.92 Å². The van der Waals surface area contributed by atoms with E-state index in [0.29, 0.717) is 19.0 Å². The summed E-state index contributed by atoms with van der Waals surface area (Å²) in [6.07, 6.45) is 1.82. The van der Waals surface area contributed by atoms with E-state index in [-0.39, 0.29) is 10.8 Å². The maximum absolute atomic E-state index is 10.6. The van der Waals surface area contributed by atoms with Crippen LogP contribution in [-0.2, 0) is 4.74 Å². The van der Waals surface area contributed by atoms with Crippen LogP contribution in [0, 0.1) is 10.1 Å². The molecule has 0 fully saturated rings. The van der Waals surface area contributed by atoms with Gasteiger partial charge in [-0.25, -0.2) is 4.98 Å². The van der Waals surface area contributed by atoms with Gasteiger partial charge in [0.1, 0.15) is 11.0 Å². The Labute approximate surface area is 104 Å². The van der Waals surface area contributed by atoms with Crippen LogP contribution in [0.25, 0.3) is 0 Å². The molecule has 6 nitrogen and oxygen atoms in total. The summed E-state index contributed by atoms with van der Waals surface area (Å²) >= 11 is 5.68. The van der Waals surface area contributed by atoms with Crippen LogP contribution in [-0.4, -0.2) is 30.2 Å². The van der Waals surface area contributed by atoms with Crippen molar-refractivity contribution in [3.63, 3.8) is 0 Å². The number of unbranched alkanes of at least 4 members (excludes halogenated alkanes) is 1. The molecular formula is C10H14ClN3O3. The summed E-state index contributed by atoms with van der Waals surface area (Å²) in [5.41, 5.74) is -0.0654. The Bertz CT molecular complexity index is 387. The van der Waals surface area contributed by atoms with Crippen LogP contribution in [0.15, 0.2) is 12.1 Å². The second kappa shape index (κ2) is 7.03. The normalized spacial score (nSPS) is 10.2. The number of rotatable bonds is 7. The third-order valence-corrected chi connectivity index (χ3v) is 2.26. The number of nitro groups is 1. The number of ether oxygens (including phenoxy) is 1. The highest BCUT2D eigenvalue weighted by Crippen LogP contribution is 2.20. The van der Waals surface area contributed by atoms with Crippen molar-refractivity contribution >= 4 is 23.1 Å². The van der Waals surface area contributed by atoms with Crippen LogP contribution < -0.4 is 5.32 Å². The molecule has 0 spiro atoms. The van der Waals surface area contributed by atoms with Crippen LogP contribution in [0.3, 0.4) is 0 Å². The van der Waals surface area contributed by atoms with Gasteiger partial charge < -0.3 is 10.1 Å². The second-order valence-electron chi connectivity index (χ2n) is 3.42. The fourth-order valence-corrected chi connectivity index (χ4v) is 1.47. The predicted octanol–water partition coefficient (Wildman–Crippen LogP) is 2.48. The first-order valence-corrected chi connectivity index (χ1v) is 5.56. The summed E-state index contributed by atoms with van der Waals surface area (Å²) in [5, 5.41) is 13.7. The van der Waals surface area contributed by atoms with Crippen LogP contribution in [0.1, 0.15) is 12.8 Å². The third kappa shape index (κ3) is 4.97. The topological polar surface area (TPSA) is 77.3 Å². The van der Waals surface area contributed by atoms with Gasteiger partial charge in [-0.3, -0.25) is 10.1 Å². The maximum atomic E-state index is 10.6. The van der Waals surface area contributed by atoms with Crippen molar-refractivity contribution in [3.05, 3.63) is 27.4 Å². The van der Waals surface area contributed by atoms with Gasteiger partial charge in [0.15, 0.2) is 0 Å². The molecule has 0 saturated heterocycles. The largest absolute Gasteiger partial charge is 0.385 e. The SMILES string of the molecule is COCCCCNc1cc([N+](=O)[O-])cc(Cl)n1. The number of hydrogen-bond donors (Lipinski definition) is 1. The molecule has 1 aromatic heterocycles. The van der Waals surface area contributed by atoms with Gasteiger partial charge in [-0.15, -0.1) is 0 Å². The zero-order valence-corrected chi connectivity index (χ0v) is 10.2. The average molecular weight is 260 g/mol. The third-order valence-electron chi connectivity index (χ3n) is 2.07. The van der Waals surface area contributed by atoms with Crippen LogP contribution in [0.2, 0.25) is 5.15 Å². The molecule has 1 heterocycles. The molecule has 0 aliphatic rings. The molecule has 1 N–H and O–H groups in total. The quantitative estimate of drug-likeness (QED) is 0.352. The summed E-state index contributed by atoms with van der Waals surface area (Å²) in [4.78, 5) is 14.1. The highest BCUT2D eigenvalue weighted by Gasteiger charge is 2.09. The average Bonchev–Trinajstić information content (AvgIpc) is 2.28. The Hall–Kier alpha value is -1.40. The molecule has 0 amide bonds. The van der Waals surface area contributed by atoms with Crippen molar-refractivity contribution in [2.75, 3.05) is 25.6 Å². The first kappa shape index (κ1) is 13.7. The van der Waals surface area contributed by atoms with Crippen molar-refractivity contribution in [1.82, 2.24) is 4.98 Å². The molecule has 0 unspecified atom stereocenters. The number of hydrogen-bond acceptors (Lipinski definition) is 5. The minimum Gasteiger partial charge on any atom is -0.385 e. The summed E-state index contributed by atoms with van der Waals surface area (Å²) < 4.78 is 4.91. The van der Waals surface area contributed by atoms with E-state index in [1.165, 1.54) is 12.1 Å². The molecule has 1 rings (SSSR count). The number of halogens is 1. The van der Waals surface area contributed by atoms with Gasteiger partial charge in [0, 0.05) is 20.3 Å². The smallest absolute Gasteiger partial charge is 0.276 e. The van der Waals surface area contributed by atoms with E-state index in [4.69, 9.17) is 16.3 Å². The molecule has 94 valence electrons. The van der Waals surface area contributed by atoms with Gasteiger partial charge in [0.05, 0.1) is 17.1 Å². The molecule has 0 bridgehead atoms. The summed E-state index contributed by atoms with van der Waals surface area (Å²) in [5.74, 6) is 0.418. The lowest BCUT2D eigenvalue weighted by Gasteiger charge is -2.05. The summed E-state index contributed by atoms with van der Waals surface area (Å²) in [7, 11) is 1.65. The Morgan fingerprint density at radius 2 is 2.29 bits per heavy atom. The van der Waals surface area contributed by atoms with Gasteiger partial charge in [-0.1, -0.05) is 11.6 Å². The molecular weight excluding hydrogens is 246 g/mol. The number of methoxy groups -OCH3 is 1. The van der Waals surface area contributed by atoms with Crippen molar-refractivity contribution in [2.45, 2.75) is 12.8 Å². The van der Waals surface area contributed by atoms with Gasteiger partial charge in [0.2, 0.25) is 0 Å². The minimum absolute atomic E-state index is 0.0654. The van der Waals surface area contributed by atoms with Gasteiger partial charge >= 0.3 is 0 Å². The first-order chi connectivity index (χ1) is 8.13. The maximum Gasteiger partial charge on any atom is 0.276 e. The van der Waals surface area contributed by atoms with E-state index >= 15 is 0 Å². The summed E-state index contributed by atoms with van der Waals surface area (Å²) in [6, 6.07) is 2.58. The Balaban J connectivity index is 2.50. The van der Waals surface area contributed by atoms with E-state index in [0.717, 1.165) is 12.8 Å². The molecule has 17 heavy (non-hydrogen) atoms. The highest BCUT2D eigenvalue weighted by atomic mass is 35.5. The molecule has 0 aliphatic heterocycles. The monoisotopic (exact) mass is 259 g/mol. The van der Waals surface area contributed by atoms with E-state index in [2.05, 4.69) is 10.3 Å². The summed E-state index contributed by atoms with van der Waals surface area (Å²) in [6.45, 7) is 1.37. The highest BCUT2D eigenvalue weighted by molar-refractivity contribution is 6.29. The zero-order chi connectivity index (χ0) is 12.7. The molecule has 7 heteroatoms. The van der Waals surface area contributed by atoms with Crippen molar-refractivity contribution in [3.8, 4) is 0 Å². The number of pyridine rings is 1. The molecule has 0 radical (unpaired) electrons. The van der Waals surface area contributed by atoms with Crippen LogP contribution in [0.5, 0.6) is 0 Å². The van der Waals surface area contributed by atoms with Gasteiger partial charge in [0.25, 0.3) is 5.69 Å². The lowest BCUT2D eigenvalue weighted by Crippen LogP contribution is -2.05. The molecule has 0 aromatic carbocycles. The van der Waals surface area contributed by atoms with Crippen molar-refractivity contribution in [1.29, 1.82) is 0 Å². The predicted molar refractivity (Wildman–Crippen MR) is 65.5 cm³/mol. The molecule has 1 aromatic rings. The Kier molecular flexibility index (Phi) is 5.65. The lowest BCUT2D eigenvalue weighted by molar-refractivity contribution is -0.384. The number of anilines is 1. The minimum atomic E-state index is -0.496. The van der Waals surface area contributed by atoms with Crippen molar-refractivity contribution in [2.24, 2.45) is 0 Å². The van der Waals surface area contributed by atoms with E-state index in [1.807, 2.05) is 0 Å². The number of nitrogens with one attached hydrogen (secondary N) is 1. The van der Waals surface area contributed by atoms with Crippen molar-refractivity contribution < 1.29 is 9.66 Å². The fraction of sp³-hybridized carbons (Fsp3) is 0.500. The standard InChI is InChI=1S/C10H14ClN3O3/c1-17-5-3-2-4-12-10-7-8(14(15)16)6-9(11)13-10/h6-7H,2-5H2,1H3,(H,12,13). The van der Waals surface area contributed by atoms with Crippen LogP contribution >= 0.6 is 11.6 Å². The molecule has 0 atom stereocenters. The zero-order valence-electron chi connectivity index (χ0n) is 9.48. The fourth-order valence-electron chi connectivity index (χ4n) is 1.27. The number of nitrogens with zero attached hydrogens (tertiary/aromatic N) is 2. The molecule has 0 aliphatic carbocycles. The Morgan fingerprint density at radius 1 is 1.53 bits per heavy atom. The molecule has 0 saturated carbocycles. The van der Waals surface area contributed by atoms with E-state index in [9.17, 15) is 10.1 Å². The lowest BCUT2D eigenvalue weighted by atomic mass is 10.3. The number of aromatic nitrogens is 1. The van der Waals surface area contributed by atoms with Gasteiger partial charge in [-0.2, -0.15) is 0 Å². The van der Waals surface area contributed by atoms with E-state index in [1.54, 1.807) is 7.11 Å². The Morgan fingerprint density at radius 3 is 2.94 bits per heavy atom. The van der Waals surface area contributed by atoms with Crippen LogP contribution in [0.4, 0.5) is 11.5 Å². The van der Waals surface area contributed by atoms with Gasteiger partial charge in [-0.05, 0) is 12.8 Å². The first-order valence-electron chi connectivity index (χ1n) is 5.18. The second-order valence-corrected chi connectivity index (χ2v) is 3.80.